The number of rotatable bonds is 11. The number of amides is 1. The van der Waals surface area contributed by atoms with Crippen molar-refractivity contribution < 1.29 is 9.53 Å². The highest BCUT2D eigenvalue weighted by molar-refractivity contribution is 5.79. The fraction of sp³-hybridized carbons (Fsp3) is 0.680. The summed E-state index contributed by atoms with van der Waals surface area (Å²) in [7, 11) is 0. The Morgan fingerprint density at radius 2 is 1.84 bits per heavy atom. The lowest BCUT2D eigenvalue weighted by Crippen LogP contribution is -2.43. The van der Waals surface area contributed by atoms with E-state index in [0.29, 0.717) is 18.4 Å². The van der Waals surface area contributed by atoms with Gasteiger partial charge in [0.25, 0.3) is 0 Å². The number of nitrogens with one attached hydrogen (secondary N) is 2. The van der Waals surface area contributed by atoms with Crippen LogP contribution >= 0.6 is 0 Å². The van der Waals surface area contributed by atoms with E-state index in [0.717, 1.165) is 58.2 Å². The molecule has 2 N–H and O–H groups in total. The van der Waals surface area contributed by atoms with Crippen molar-refractivity contribution in [3.8, 4) is 0 Å². The van der Waals surface area contributed by atoms with Crippen LogP contribution in [-0.2, 0) is 22.6 Å². The maximum absolute atomic E-state index is 11.8. The van der Waals surface area contributed by atoms with Gasteiger partial charge in [-0.3, -0.25) is 4.79 Å². The first-order valence-corrected chi connectivity index (χ1v) is 12.1. The van der Waals surface area contributed by atoms with Gasteiger partial charge in [0, 0.05) is 45.8 Å². The number of guanidine groups is 1. The second-order valence-electron chi connectivity index (χ2n) is 8.94. The van der Waals surface area contributed by atoms with Gasteiger partial charge in [-0.2, -0.15) is 0 Å². The maximum atomic E-state index is 11.8. The molecule has 1 aromatic carbocycles. The number of likely N-dealkylation sites (tertiary alicyclic amines) is 1. The Labute approximate surface area is 187 Å². The molecule has 6 nitrogen and oxygen atoms in total. The van der Waals surface area contributed by atoms with E-state index < -0.39 is 0 Å². The molecular formula is C25H40N4O2. The first-order chi connectivity index (χ1) is 15.1. The summed E-state index contributed by atoms with van der Waals surface area (Å²) in [5.41, 5.74) is 2.70. The van der Waals surface area contributed by atoms with Crippen molar-refractivity contribution in [3.63, 3.8) is 0 Å². The SMILES string of the molecule is CCNC(=NCc1ccc(CN2CCCC2=O)cc1)NCC1(CCOCC)CCCC1. The molecular weight excluding hydrogens is 388 g/mol. The molecule has 2 fully saturated rings. The Morgan fingerprint density at radius 1 is 1.10 bits per heavy atom. The minimum absolute atomic E-state index is 0.274. The Hall–Kier alpha value is -2.08. The van der Waals surface area contributed by atoms with Crippen LogP contribution in [0.4, 0.5) is 0 Å². The monoisotopic (exact) mass is 428 g/mol. The Morgan fingerprint density at radius 3 is 2.48 bits per heavy atom. The van der Waals surface area contributed by atoms with Gasteiger partial charge < -0.3 is 20.3 Å². The molecule has 0 radical (unpaired) electrons. The zero-order valence-electron chi connectivity index (χ0n) is 19.4. The van der Waals surface area contributed by atoms with E-state index in [1.165, 1.54) is 36.8 Å². The average Bonchev–Trinajstić information content (AvgIpc) is 3.41. The van der Waals surface area contributed by atoms with E-state index in [2.05, 4.69) is 48.7 Å². The second kappa shape index (κ2) is 12.1. The summed E-state index contributed by atoms with van der Waals surface area (Å²) in [5, 5.41) is 6.99. The number of hydrogen-bond acceptors (Lipinski definition) is 3. The molecule has 0 spiro atoms. The predicted molar refractivity (Wildman–Crippen MR) is 126 cm³/mol. The number of carbonyl (C=O) groups is 1. The quantitative estimate of drug-likeness (QED) is 0.319. The van der Waals surface area contributed by atoms with E-state index in [9.17, 15) is 4.79 Å². The van der Waals surface area contributed by atoms with E-state index in [4.69, 9.17) is 9.73 Å². The Bertz CT molecular complexity index is 711. The molecule has 0 unspecified atom stereocenters. The fourth-order valence-corrected chi connectivity index (χ4v) is 4.70. The molecule has 1 saturated heterocycles. The van der Waals surface area contributed by atoms with Gasteiger partial charge in [-0.1, -0.05) is 37.1 Å². The zero-order chi connectivity index (χ0) is 21.9. The predicted octanol–water partition coefficient (Wildman–Crippen LogP) is 3.85. The third-order valence-corrected chi connectivity index (χ3v) is 6.61. The molecule has 3 rings (SSSR count). The lowest BCUT2D eigenvalue weighted by atomic mass is 9.83. The average molecular weight is 429 g/mol. The molecule has 1 heterocycles. The standard InChI is InChI=1S/C25H40N4O2/c1-3-26-24(28-20-25(13-5-6-14-25)15-17-31-4-2)27-18-21-9-11-22(12-10-21)19-29-16-7-8-23(29)30/h9-12H,3-8,13-20H2,1-2H3,(H2,26,27,28). The topological polar surface area (TPSA) is 66.0 Å². The summed E-state index contributed by atoms with van der Waals surface area (Å²) in [4.78, 5) is 18.6. The third-order valence-electron chi connectivity index (χ3n) is 6.61. The Kier molecular flexibility index (Phi) is 9.19. The normalized spacial score (nSPS) is 18.6. The fourth-order valence-electron chi connectivity index (χ4n) is 4.70. The number of hydrogen-bond donors (Lipinski definition) is 2. The summed E-state index contributed by atoms with van der Waals surface area (Å²) < 4.78 is 5.64. The number of aliphatic imine (C=N–C) groups is 1. The Balaban J connectivity index is 1.53. The van der Waals surface area contributed by atoms with Crippen LogP contribution in [0.2, 0.25) is 0 Å². The van der Waals surface area contributed by atoms with Crippen molar-refractivity contribution in [3.05, 3.63) is 35.4 Å². The summed E-state index contributed by atoms with van der Waals surface area (Å²) >= 11 is 0. The van der Waals surface area contributed by atoms with Crippen molar-refractivity contribution in [2.24, 2.45) is 10.4 Å². The lowest BCUT2D eigenvalue weighted by molar-refractivity contribution is -0.128. The van der Waals surface area contributed by atoms with Gasteiger partial charge in [-0.05, 0) is 56.1 Å². The van der Waals surface area contributed by atoms with Crippen molar-refractivity contribution in [2.75, 3.05) is 32.8 Å². The highest BCUT2D eigenvalue weighted by Gasteiger charge is 2.33. The molecule has 0 aromatic heterocycles. The van der Waals surface area contributed by atoms with E-state index >= 15 is 0 Å². The molecule has 2 aliphatic rings. The minimum atomic E-state index is 0.274. The van der Waals surface area contributed by atoms with Crippen LogP contribution < -0.4 is 10.6 Å². The van der Waals surface area contributed by atoms with Crippen LogP contribution in [0.25, 0.3) is 0 Å². The van der Waals surface area contributed by atoms with Crippen LogP contribution in [0.1, 0.15) is 69.9 Å². The highest BCUT2D eigenvalue weighted by Crippen LogP contribution is 2.40. The first-order valence-electron chi connectivity index (χ1n) is 12.1. The summed E-state index contributed by atoms with van der Waals surface area (Å²) in [5.74, 6) is 1.16. The van der Waals surface area contributed by atoms with Gasteiger partial charge >= 0.3 is 0 Å². The molecule has 172 valence electrons. The largest absolute Gasteiger partial charge is 0.382 e. The van der Waals surface area contributed by atoms with Gasteiger partial charge in [-0.15, -0.1) is 0 Å². The minimum Gasteiger partial charge on any atom is -0.382 e. The lowest BCUT2D eigenvalue weighted by Gasteiger charge is -2.30. The van der Waals surface area contributed by atoms with Crippen molar-refractivity contribution in [1.82, 2.24) is 15.5 Å². The van der Waals surface area contributed by atoms with E-state index in [-0.39, 0.29) is 5.91 Å². The van der Waals surface area contributed by atoms with Crippen LogP contribution in [-0.4, -0.2) is 49.6 Å². The molecule has 1 amide bonds. The van der Waals surface area contributed by atoms with Gasteiger partial charge in [0.05, 0.1) is 6.54 Å². The van der Waals surface area contributed by atoms with Gasteiger partial charge in [0.15, 0.2) is 5.96 Å². The molecule has 1 saturated carbocycles. The van der Waals surface area contributed by atoms with E-state index in [1.54, 1.807) is 0 Å². The smallest absolute Gasteiger partial charge is 0.222 e. The molecule has 0 bridgehead atoms. The maximum Gasteiger partial charge on any atom is 0.222 e. The number of nitrogens with zero attached hydrogens (tertiary/aromatic N) is 2. The van der Waals surface area contributed by atoms with Crippen LogP contribution in [0, 0.1) is 5.41 Å². The van der Waals surface area contributed by atoms with E-state index in [1.807, 2.05) is 4.90 Å². The van der Waals surface area contributed by atoms with Crippen molar-refractivity contribution in [1.29, 1.82) is 0 Å². The summed E-state index contributed by atoms with van der Waals surface area (Å²) in [6.45, 7) is 9.85. The van der Waals surface area contributed by atoms with Crippen LogP contribution in [0.3, 0.4) is 0 Å². The number of benzene rings is 1. The molecule has 31 heavy (non-hydrogen) atoms. The zero-order valence-corrected chi connectivity index (χ0v) is 19.4. The molecule has 1 aliphatic carbocycles. The molecule has 1 aliphatic heterocycles. The summed E-state index contributed by atoms with van der Waals surface area (Å²) in [6.07, 6.45) is 7.97. The van der Waals surface area contributed by atoms with Crippen LogP contribution in [0.5, 0.6) is 0 Å². The summed E-state index contributed by atoms with van der Waals surface area (Å²) in [6, 6.07) is 8.50. The highest BCUT2D eigenvalue weighted by atomic mass is 16.5. The third kappa shape index (κ3) is 7.23. The molecule has 0 atom stereocenters. The van der Waals surface area contributed by atoms with Crippen molar-refractivity contribution in [2.45, 2.75) is 71.9 Å². The van der Waals surface area contributed by atoms with Gasteiger partial charge in [0.2, 0.25) is 5.91 Å². The number of carbonyl (C=O) groups excluding carboxylic acids is 1. The van der Waals surface area contributed by atoms with Crippen molar-refractivity contribution >= 4 is 11.9 Å². The van der Waals surface area contributed by atoms with Crippen LogP contribution in [0.15, 0.2) is 29.3 Å². The first kappa shape index (κ1) is 23.6. The second-order valence-corrected chi connectivity index (χ2v) is 8.94. The molecule has 1 aromatic rings. The number of ether oxygens (including phenoxy) is 1. The van der Waals surface area contributed by atoms with Gasteiger partial charge in [-0.25, -0.2) is 4.99 Å². The van der Waals surface area contributed by atoms with Gasteiger partial charge in [0.1, 0.15) is 0 Å². The molecule has 6 heteroatoms.